The Bertz CT molecular complexity index is 423. The molecule has 0 aromatic carbocycles. The molecule has 0 saturated carbocycles. The van der Waals surface area contributed by atoms with Crippen molar-refractivity contribution in [2.75, 3.05) is 13.2 Å². The van der Waals surface area contributed by atoms with Crippen LogP contribution >= 0.6 is 0 Å². The van der Waals surface area contributed by atoms with Crippen LogP contribution in [0.5, 0.6) is 0 Å². The molecule has 17 heavy (non-hydrogen) atoms. The maximum atomic E-state index is 11.5. The predicted molar refractivity (Wildman–Crippen MR) is 60.5 cm³/mol. The first kappa shape index (κ1) is 13.0. The van der Waals surface area contributed by atoms with Crippen LogP contribution in [0.15, 0.2) is 12.5 Å². The molecule has 1 rings (SSSR count). The fraction of sp³-hybridized carbons (Fsp3) is 0.364. The Morgan fingerprint density at radius 1 is 1.47 bits per heavy atom. The van der Waals surface area contributed by atoms with Gasteiger partial charge in [-0.1, -0.05) is 0 Å². The first-order valence-corrected chi connectivity index (χ1v) is 5.22. The summed E-state index contributed by atoms with van der Waals surface area (Å²) in [7, 11) is 0. The molecule has 0 atom stereocenters. The molecule has 0 radical (unpaired) electrons. The summed E-state index contributed by atoms with van der Waals surface area (Å²) in [5.74, 6) is -0.564. The van der Waals surface area contributed by atoms with Crippen LogP contribution in [0, 0.1) is 0 Å². The van der Waals surface area contributed by atoms with Gasteiger partial charge in [0, 0.05) is 0 Å². The first-order valence-electron chi connectivity index (χ1n) is 5.22. The minimum atomic E-state index is -0.564. The maximum Gasteiger partial charge on any atom is 0.342 e. The van der Waals surface area contributed by atoms with E-state index in [1.165, 1.54) is 23.3 Å². The summed E-state index contributed by atoms with van der Waals surface area (Å²) < 4.78 is 11.0. The number of esters is 1. The largest absolute Gasteiger partial charge is 0.500 e. The lowest BCUT2D eigenvalue weighted by molar-refractivity contribution is 0.0524. The van der Waals surface area contributed by atoms with E-state index in [0.717, 1.165) is 0 Å². The summed E-state index contributed by atoms with van der Waals surface area (Å²) >= 11 is 0. The minimum Gasteiger partial charge on any atom is -0.500 e. The van der Waals surface area contributed by atoms with Crippen LogP contribution in [0.4, 0.5) is 0 Å². The summed E-state index contributed by atoms with van der Waals surface area (Å²) in [4.78, 5) is 22.4. The first-order chi connectivity index (χ1) is 8.24. The lowest BCUT2D eigenvalue weighted by Gasteiger charge is -2.00. The fourth-order valence-corrected chi connectivity index (χ4v) is 1.17. The molecule has 0 N–H and O–H groups in total. The van der Waals surface area contributed by atoms with Crippen LogP contribution in [-0.4, -0.2) is 35.2 Å². The monoisotopic (exact) mass is 238 g/mol. The van der Waals surface area contributed by atoms with Gasteiger partial charge in [0.1, 0.15) is 17.5 Å². The highest BCUT2D eigenvalue weighted by Crippen LogP contribution is 2.08. The summed E-state index contributed by atoms with van der Waals surface area (Å²) in [6.07, 6.45) is 4.69. The Morgan fingerprint density at radius 3 is 2.82 bits per heavy atom. The second-order valence-corrected chi connectivity index (χ2v) is 2.97. The summed E-state index contributed by atoms with van der Waals surface area (Å²) in [5.41, 5.74) is 0.280. The highest BCUT2D eigenvalue weighted by molar-refractivity contribution is 5.97. The second-order valence-electron chi connectivity index (χ2n) is 2.97. The van der Waals surface area contributed by atoms with Crippen molar-refractivity contribution in [3.63, 3.8) is 0 Å². The molecule has 1 aromatic heterocycles. The maximum absolute atomic E-state index is 11.5. The SMILES string of the molecule is CCOC=Cn1ncc(C(=O)OCC)c1C=O. The zero-order valence-electron chi connectivity index (χ0n) is 9.75. The van der Waals surface area contributed by atoms with Gasteiger partial charge in [-0.3, -0.25) is 4.79 Å². The molecule has 0 bridgehead atoms. The molecule has 92 valence electrons. The van der Waals surface area contributed by atoms with Crippen molar-refractivity contribution in [3.8, 4) is 0 Å². The standard InChI is InChI=1S/C11H14N2O4/c1-3-16-6-5-13-10(8-14)9(7-12-13)11(15)17-4-2/h5-8H,3-4H2,1-2H3. The molecule has 6 heteroatoms. The molecule has 0 saturated heterocycles. The van der Waals surface area contributed by atoms with E-state index in [0.29, 0.717) is 12.9 Å². The second kappa shape index (κ2) is 6.47. The van der Waals surface area contributed by atoms with Gasteiger partial charge in [0.15, 0.2) is 6.29 Å². The lowest BCUT2D eigenvalue weighted by atomic mass is 10.2. The highest BCUT2D eigenvalue weighted by atomic mass is 16.5. The molecule has 1 heterocycles. The van der Waals surface area contributed by atoms with E-state index in [9.17, 15) is 9.59 Å². The van der Waals surface area contributed by atoms with Gasteiger partial charge in [-0.15, -0.1) is 0 Å². The van der Waals surface area contributed by atoms with E-state index in [1.807, 2.05) is 6.92 Å². The van der Waals surface area contributed by atoms with Crippen molar-refractivity contribution in [1.29, 1.82) is 0 Å². The van der Waals surface area contributed by atoms with Crippen LogP contribution in [0.1, 0.15) is 34.7 Å². The van der Waals surface area contributed by atoms with Crippen LogP contribution in [0.3, 0.4) is 0 Å². The van der Waals surface area contributed by atoms with Crippen molar-refractivity contribution in [1.82, 2.24) is 9.78 Å². The van der Waals surface area contributed by atoms with Crippen LogP contribution in [0.2, 0.25) is 0 Å². The Balaban J connectivity index is 2.94. The van der Waals surface area contributed by atoms with Crippen LogP contribution in [0.25, 0.3) is 6.20 Å². The summed E-state index contributed by atoms with van der Waals surface area (Å²) in [6, 6.07) is 0. The normalized spacial score (nSPS) is 10.5. The number of hydrogen-bond acceptors (Lipinski definition) is 5. The third-order valence-corrected chi connectivity index (χ3v) is 1.91. The smallest absolute Gasteiger partial charge is 0.342 e. The Hall–Kier alpha value is -2.11. The Kier molecular flexibility index (Phi) is 4.93. The van der Waals surface area contributed by atoms with E-state index in [2.05, 4.69) is 5.10 Å². The molecule has 0 spiro atoms. The number of nitrogens with zero attached hydrogens (tertiary/aromatic N) is 2. The average Bonchev–Trinajstić information content (AvgIpc) is 2.73. The molecule has 0 aliphatic carbocycles. The molecular formula is C11H14N2O4. The van der Waals surface area contributed by atoms with Crippen LogP contribution in [-0.2, 0) is 9.47 Å². The van der Waals surface area contributed by atoms with Crippen molar-refractivity contribution < 1.29 is 19.1 Å². The molecule has 0 amide bonds. The number of hydrogen-bond donors (Lipinski definition) is 0. The van der Waals surface area contributed by atoms with Gasteiger partial charge in [0.2, 0.25) is 0 Å². The zero-order valence-corrected chi connectivity index (χ0v) is 9.75. The lowest BCUT2D eigenvalue weighted by Crippen LogP contribution is -2.07. The molecule has 1 aromatic rings. The number of carbonyl (C=O) groups is 2. The third kappa shape index (κ3) is 3.17. The minimum absolute atomic E-state index is 0.138. The van der Waals surface area contributed by atoms with Gasteiger partial charge in [-0.2, -0.15) is 5.10 Å². The van der Waals surface area contributed by atoms with E-state index in [-0.39, 0.29) is 17.9 Å². The van der Waals surface area contributed by atoms with Crippen molar-refractivity contribution >= 4 is 18.5 Å². The quantitative estimate of drug-likeness (QED) is 0.425. The van der Waals surface area contributed by atoms with E-state index in [1.54, 1.807) is 6.92 Å². The zero-order chi connectivity index (χ0) is 12.7. The predicted octanol–water partition coefficient (Wildman–Crippen LogP) is 1.34. The van der Waals surface area contributed by atoms with Crippen molar-refractivity contribution in [2.45, 2.75) is 13.8 Å². The van der Waals surface area contributed by atoms with Gasteiger partial charge in [0.05, 0.1) is 25.6 Å². The molecule has 0 aliphatic rings. The fourth-order valence-electron chi connectivity index (χ4n) is 1.17. The van der Waals surface area contributed by atoms with E-state index in [4.69, 9.17) is 9.47 Å². The van der Waals surface area contributed by atoms with Gasteiger partial charge < -0.3 is 9.47 Å². The van der Waals surface area contributed by atoms with E-state index < -0.39 is 5.97 Å². The number of ether oxygens (including phenoxy) is 2. The van der Waals surface area contributed by atoms with Gasteiger partial charge in [-0.05, 0) is 13.8 Å². The molecule has 0 fully saturated rings. The third-order valence-electron chi connectivity index (χ3n) is 1.91. The molecular weight excluding hydrogens is 224 g/mol. The summed E-state index contributed by atoms with van der Waals surface area (Å²) in [5, 5.41) is 3.88. The van der Waals surface area contributed by atoms with Crippen molar-refractivity contribution in [2.24, 2.45) is 0 Å². The Labute approximate surface area is 98.8 Å². The number of aldehydes is 1. The molecule has 6 nitrogen and oxygen atoms in total. The average molecular weight is 238 g/mol. The molecule has 0 unspecified atom stereocenters. The van der Waals surface area contributed by atoms with Crippen molar-refractivity contribution in [3.05, 3.63) is 23.7 Å². The van der Waals surface area contributed by atoms with Gasteiger partial charge in [0.25, 0.3) is 0 Å². The topological polar surface area (TPSA) is 70.4 Å². The molecule has 0 aliphatic heterocycles. The number of rotatable bonds is 6. The van der Waals surface area contributed by atoms with Crippen LogP contribution < -0.4 is 0 Å². The highest BCUT2D eigenvalue weighted by Gasteiger charge is 2.16. The number of carbonyl (C=O) groups excluding carboxylic acids is 2. The van der Waals surface area contributed by atoms with Gasteiger partial charge in [-0.25, -0.2) is 9.48 Å². The van der Waals surface area contributed by atoms with E-state index >= 15 is 0 Å². The summed E-state index contributed by atoms with van der Waals surface area (Å²) in [6.45, 7) is 4.28. The van der Waals surface area contributed by atoms with Gasteiger partial charge >= 0.3 is 5.97 Å². The number of aromatic nitrogens is 2. The Morgan fingerprint density at radius 2 is 2.24 bits per heavy atom.